The van der Waals surface area contributed by atoms with Crippen LogP contribution in [0.5, 0.6) is 0 Å². The fraction of sp³-hybridized carbons (Fsp3) is 0.409. The maximum Gasteiger partial charge on any atom is 0.251 e. The van der Waals surface area contributed by atoms with Crippen molar-refractivity contribution in [3.63, 3.8) is 0 Å². The van der Waals surface area contributed by atoms with Crippen molar-refractivity contribution < 1.29 is 4.79 Å². The molecule has 3 heteroatoms. The highest BCUT2D eigenvalue weighted by Gasteiger charge is 2.19. The minimum atomic E-state index is 0.0477. The number of carbonyl (C=O) groups excluding carboxylic acids is 1. The van der Waals surface area contributed by atoms with Crippen molar-refractivity contribution in [2.24, 2.45) is 5.92 Å². The first kappa shape index (κ1) is 17.7. The summed E-state index contributed by atoms with van der Waals surface area (Å²) < 4.78 is 0. The van der Waals surface area contributed by atoms with Crippen LogP contribution in [0.15, 0.2) is 54.6 Å². The zero-order valence-corrected chi connectivity index (χ0v) is 15.1. The highest BCUT2D eigenvalue weighted by Crippen LogP contribution is 2.17. The van der Waals surface area contributed by atoms with Crippen molar-refractivity contribution in [1.82, 2.24) is 10.2 Å². The second-order valence-corrected chi connectivity index (χ2v) is 7.10. The van der Waals surface area contributed by atoms with E-state index in [0.29, 0.717) is 5.92 Å². The number of hydrogen-bond donors (Lipinski definition) is 1. The Balaban J connectivity index is 1.36. The Kier molecular flexibility index (Phi) is 6.24. The molecule has 0 saturated carbocycles. The van der Waals surface area contributed by atoms with Crippen LogP contribution < -0.4 is 5.32 Å². The van der Waals surface area contributed by atoms with Gasteiger partial charge in [0, 0.05) is 18.7 Å². The molecular weight excluding hydrogens is 308 g/mol. The van der Waals surface area contributed by atoms with Gasteiger partial charge in [0.2, 0.25) is 0 Å². The number of aryl methyl sites for hydroxylation is 1. The topological polar surface area (TPSA) is 32.3 Å². The second kappa shape index (κ2) is 8.82. The molecule has 0 aliphatic carbocycles. The van der Waals surface area contributed by atoms with Crippen molar-refractivity contribution in [3.05, 3.63) is 71.3 Å². The molecule has 0 bridgehead atoms. The molecule has 0 spiro atoms. The molecule has 3 rings (SSSR count). The van der Waals surface area contributed by atoms with Crippen molar-refractivity contribution >= 4 is 5.91 Å². The average Bonchev–Trinajstić information content (AvgIpc) is 2.67. The summed E-state index contributed by atoms with van der Waals surface area (Å²) in [4.78, 5) is 14.7. The van der Waals surface area contributed by atoms with Gasteiger partial charge in [-0.25, -0.2) is 0 Å². The van der Waals surface area contributed by atoms with Gasteiger partial charge in [-0.2, -0.15) is 0 Å². The molecule has 132 valence electrons. The van der Waals surface area contributed by atoms with E-state index in [4.69, 9.17) is 0 Å². The first-order chi connectivity index (χ1) is 12.2. The van der Waals surface area contributed by atoms with E-state index in [2.05, 4.69) is 40.5 Å². The van der Waals surface area contributed by atoms with Crippen LogP contribution in [0, 0.1) is 12.8 Å². The summed E-state index contributed by atoms with van der Waals surface area (Å²) in [7, 11) is 0. The SMILES string of the molecule is Cc1ccc(C(=O)NCC2CCN(CCc3ccccc3)CC2)cc1. The van der Waals surface area contributed by atoms with Crippen LogP contribution >= 0.6 is 0 Å². The standard InChI is InChI=1S/C22H28N2O/c1-18-7-9-21(10-8-18)22(25)23-17-20-12-15-24(16-13-20)14-11-19-5-3-2-4-6-19/h2-10,20H,11-17H2,1H3,(H,23,25). The molecule has 1 fully saturated rings. The first-order valence-corrected chi connectivity index (χ1v) is 9.32. The monoisotopic (exact) mass is 336 g/mol. The summed E-state index contributed by atoms with van der Waals surface area (Å²) >= 11 is 0. The molecule has 0 unspecified atom stereocenters. The van der Waals surface area contributed by atoms with Gasteiger partial charge in [0.15, 0.2) is 0 Å². The van der Waals surface area contributed by atoms with Crippen molar-refractivity contribution in [2.75, 3.05) is 26.2 Å². The zero-order chi connectivity index (χ0) is 17.5. The Labute approximate surface area is 151 Å². The summed E-state index contributed by atoms with van der Waals surface area (Å²) in [6.07, 6.45) is 3.46. The molecule has 1 aliphatic heterocycles. The molecule has 3 nitrogen and oxygen atoms in total. The quantitative estimate of drug-likeness (QED) is 0.873. The predicted molar refractivity (Wildman–Crippen MR) is 103 cm³/mol. The molecule has 1 heterocycles. The lowest BCUT2D eigenvalue weighted by molar-refractivity contribution is 0.0936. The summed E-state index contributed by atoms with van der Waals surface area (Å²) in [5.41, 5.74) is 3.35. The normalized spacial score (nSPS) is 15.9. The third kappa shape index (κ3) is 5.43. The maximum absolute atomic E-state index is 12.2. The van der Waals surface area contributed by atoms with E-state index < -0.39 is 0 Å². The lowest BCUT2D eigenvalue weighted by atomic mass is 9.96. The Morgan fingerprint density at radius 2 is 1.72 bits per heavy atom. The van der Waals surface area contributed by atoms with Crippen molar-refractivity contribution in [1.29, 1.82) is 0 Å². The fourth-order valence-electron chi connectivity index (χ4n) is 3.39. The molecule has 1 aliphatic rings. The summed E-state index contributed by atoms with van der Waals surface area (Å²) in [5.74, 6) is 0.647. The smallest absolute Gasteiger partial charge is 0.251 e. The maximum atomic E-state index is 12.2. The van der Waals surface area contributed by atoms with Gasteiger partial charge in [-0.15, -0.1) is 0 Å². The molecule has 0 aromatic heterocycles. The number of nitrogens with zero attached hydrogens (tertiary/aromatic N) is 1. The van der Waals surface area contributed by atoms with Gasteiger partial charge in [0.05, 0.1) is 0 Å². The molecule has 1 N–H and O–H groups in total. The van der Waals surface area contributed by atoms with Gasteiger partial charge in [-0.05, 0) is 62.9 Å². The third-order valence-corrected chi connectivity index (χ3v) is 5.13. The molecule has 2 aromatic rings. The highest BCUT2D eigenvalue weighted by molar-refractivity contribution is 5.94. The van der Waals surface area contributed by atoms with Crippen LogP contribution in [-0.4, -0.2) is 37.0 Å². The van der Waals surface area contributed by atoms with E-state index in [1.165, 1.54) is 24.0 Å². The first-order valence-electron chi connectivity index (χ1n) is 9.32. The van der Waals surface area contributed by atoms with E-state index in [-0.39, 0.29) is 5.91 Å². The summed E-state index contributed by atoms with van der Waals surface area (Å²) in [5, 5.41) is 3.10. The number of carbonyl (C=O) groups is 1. The molecule has 2 aromatic carbocycles. The largest absolute Gasteiger partial charge is 0.352 e. The highest BCUT2D eigenvalue weighted by atomic mass is 16.1. The molecular formula is C22H28N2O. The van der Waals surface area contributed by atoms with Crippen LogP contribution in [0.4, 0.5) is 0 Å². The van der Waals surface area contributed by atoms with Gasteiger partial charge in [-0.1, -0.05) is 48.0 Å². The molecule has 0 radical (unpaired) electrons. The fourth-order valence-corrected chi connectivity index (χ4v) is 3.39. The van der Waals surface area contributed by atoms with E-state index in [0.717, 1.165) is 38.2 Å². The molecule has 0 atom stereocenters. The van der Waals surface area contributed by atoms with Gasteiger partial charge in [0.1, 0.15) is 0 Å². The number of amides is 1. The van der Waals surface area contributed by atoms with Gasteiger partial charge in [-0.3, -0.25) is 4.79 Å². The minimum absolute atomic E-state index is 0.0477. The third-order valence-electron chi connectivity index (χ3n) is 5.13. The van der Waals surface area contributed by atoms with Crippen LogP contribution in [0.3, 0.4) is 0 Å². The summed E-state index contributed by atoms with van der Waals surface area (Å²) in [6, 6.07) is 18.5. The lowest BCUT2D eigenvalue weighted by Crippen LogP contribution is -2.39. The van der Waals surface area contributed by atoms with Gasteiger partial charge < -0.3 is 10.2 Å². The average molecular weight is 336 g/mol. The number of piperidine rings is 1. The Morgan fingerprint density at radius 3 is 2.40 bits per heavy atom. The summed E-state index contributed by atoms with van der Waals surface area (Å²) in [6.45, 7) is 6.23. The van der Waals surface area contributed by atoms with Crippen LogP contribution in [0.25, 0.3) is 0 Å². The van der Waals surface area contributed by atoms with Gasteiger partial charge in [0.25, 0.3) is 5.91 Å². The minimum Gasteiger partial charge on any atom is -0.352 e. The second-order valence-electron chi connectivity index (χ2n) is 7.10. The van der Waals surface area contributed by atoms with Crippen molar-refractivity contribution in [2.45, 2.75) is 26.2 Å². The molecule has 25 heavy (non-hydrogen) atoms. The van der Waals surface area contributed by atoms with E-state index in [1.807, 2.05) is 31.2 Å². The number of likely N-dealkylation sites (tertiary alicyclic amines) is 1. The van der Waals surface area contributed by atoms with E-state index >= 15 is 0 Å². The van der Waals surface area contributed by atoms with E-state index in [9.17, 15) is 4.79 Å². The van der Waals surface area contributed by atoms with Crippen LogP contribution in [0.1, 0.15) is 34.3 Å². The van der Waals surface area contributed by atoms with E-state index in [1.54, 1.807) is 0 Å². The number of nitrogens with one attached hydrogen (secondary N) is 1. The predicted octanol–water partition coefficient (Wildman–Crippen LogP) is 3.68. The molecule has 1 amide bonds. The number of benzene rings is 2. The zero-order valence-electron chi connectivity index (χ0n) is 15.1. The van der Waals surface area contributed by atoms with Crippen LogP contribution in [0.2, 0.25) is 0 Å². The van der Waals surface area contributed by atoms with Gasteiger partial charge >= 0.3 is 0 Å². The van der Waals surface area contributed by atoms with Crippen molar-refractivity contribution in [3.8, 4) is 0 Å². The lowest BCUT2D eigenvalue weighted by Gasteiger charge is -2.32. The number of rotatable bonds is 6. The number of hydrogen-bond acceptors (Lipinski definition) is 2. The Morgan fingerprint density at radius 1 is 1.04 bits per heavy atom. The molecule has 1 saturated heterocycles. The van der Waals surface area contributed by atoms with Crippen LogP contribution in [-0.2, 0) is 6.42 Å². The Hall–Kier alpha value is -2.13. The Bertz CT molecular complexity index is 658.